The van der Waals surface area contributed by atoms with Crippen LogP contribution in [0.1, 0.15) is 37.7 Å². The van der Waals surface area contributed by atoms with Crippen LogP contribution in [0.25, 0.3) is 0 Å². The number of hydrogen-bond acceptors (Lipinski definition) is 1. The Morgan fingerprint density at radius 2 is 2.11 bits per heavy atom. The van der Waals surface area contributed by atoms with E-state index in [1.807, 2.05) is 0 Å². The first kappa shape index (κ1) is 14.1. The van der Waals surface area contributed by atoms with E-state index in [0.29, 0.717) is 6.10 Å². The first-order chi connectivity index (χ1) is 8.88. The van der Waals surface area contributed by atoms with Crippen molar-refractivity contribution in [3.8, 4) is 0 Å². The molecule has 0 radical (unpaired) electrons. The molecule has 2 unspecified atom stereocenters. The topological polar surface area (TPSA) is 9.23 Å². The summed E-state index contributed by atoms with van der Waals surface area (Å²) in [5.41, 5.74) is 1.46. The van der Waals surface area contributed by atoms with Crippen LogP contribution in [0.15, 0.2) is 30.3 Å². The second-order valence-corrected chi connectivity index (χ2v) is 5.92. The van der Waals surface area contributed by atoms with E-state index in [2.05, 4.69) is 46.3 Å². The quantitative estimate of drug-likeness (QED) is 0.669. The SMILES string of the molecule is BrCC(CCCC1CCCO1)Cc1ccccc1. The van der Waals surface area contributed by atoms with Crippen molar-refractivity contribution in [2.75, 3.05) is 11.9 Å². The lowest BCUT2D eigenvalue weighted by atomic mass is 9.95. The first-order valence-electron chi connectivity index (χ1n) is 7.10. The minimum Gasteiger partial charge on any atom is -0.378 e. The van der Waals surface area contributed by atoms with Crippen molar-refractivity contribution in [2.45, 2.75) is 44.6 Å². The number of alkyl halides is 1. The predicted octanol–water partition coefficient (Wildman–Crippen LogP) is 4.59. The van der Waals surface area contributed by atoms with Crippen LogP contribution in [0, 0.1) is 5.92 Å². The van der Waals surface area contributed by atoms with E-state index in [4.69, 9.17) is 4.74 Å². The second-order valence-electron chi connectivity index (χ2n) is 5.28. The molecule has 2 heteroatoms. The van der Waals surface area contributed by atoms with E-state index in [1.54, 1.807) is 0 Å². The molecule has 1 heterocycles. The molecule has 1 aliphatic rings. The molecule has 1 fully saturated rings. The highest BCUT2D eigenvalue weighted by molar-refractivity contribution is 9.09. The van der Waals surface area contributed by atoms with Crippen molar-refractivity contribution < 1.29 is 4.74 Å². The highest BCUT2D eigenvalue weighted by Gasteiger charge is 2.16. The Balaban J connectivity index is 1.68. The molecule has 0 saturated carbocycles. The predicted molar refractivity (Wildman–Crippen MR) is 80.3 cm³/mol. The Labute approximate surface area is 119 Å². The van der Waals surface area contributed by atoms with Crippen LogP contribution < -0.4 is 0 Å². The molecule has 0 spiro atoms. The number of benzene rings is 1. The fourth-order valence-corrected chi connectivity index (χ4v) is 3.24. The van der Waals surface area contributed by atoms with Crippen molar-refractivity contribution in [3.63, 3.8) is 0 Å². The highest BCUT2D eigenvalue weighted by Crippen LogP contribution is 2.22. The van der Waals surface area contributed by atoms with Gasteiger partial charge in [0.15, 0.2) is 0 Å². The summed E-state index contributed by atoms with van der Waals surface area (Å²) in [7, 11) is 0. The zero-order chi connectivity index (χ0) is 12.6. The highest BCUT2D eigenvalue weighted by atomic mass is 79.9. The molecule has 2 atom stereocenters. The van der Waals surface area contributed by atoms with Gasteiger partial charge in [-0.3, -0.25) is 0 Å². The Bertz CT molecular complexity index is 319. The molecule has 0 aliphatic carbocycles. The Morgan fingerprint density at radius 3 is 2.78 bits per heavy atom. The Morgan fingerprint density at radius 1 is 1.28 bits per heavy atom. The second kappa shape index (κ2) is 7.96. The van der Waals surface area contributed by atoms with Gasteiger partial charge >= 0.3 is 0 Å². The standard InChI is InChI=1S/C16H23BrO/c17-13-15(12-14-6-2-1-3-7-14)8-4-9-16-10-5-11-18-16/h1-3,6-7,15-16H,4-5,8-13H2. The van der Waals surface area contributed by atoms with Gasteiger partial charge in [-0.25, -0.2) is 0 Å². The van der Waals surface area contributed by atoms with Gasteiger partial charge < -0.3 is 4.74 Å². The lowest BCUT2D eigenvalue weighted by Gasteiger charge is -2.15. The largest absolute Gasteiger partial charge is 0.378 e. The molecule has 0 amide bonds. The lowest BCUT2D eigenvalue weighted by Crippen LogP contribution is -2.09. The van der Waals surface area contributed by atoms with Gasteiger partial charge in [-0.15, -0.1) is 0 Å². The summed E-state index contributed by atoms with van der Waals surface area (Å²) in [4.78, 5) is 0. The first-order valence-corrected chi connectivity index (χ1v) is 8.22. The van der Waals surface area contributed by atoms with Gasteiger partial charge in [-0.2, -0.15) is 0 Å². The Hall–Kier alpha value is -0.340. The monoisotopic (exact) mass is 310 g/mol. The third-order valence-electron chi connectivity index (χ3n) is 3.75. The van der Waals surface area contributed by atoms with Crippen LogP contribution >= 0.6 is 15.9 Å². The normalized spacial score (nSPS) is 21.1. The molecule has 1 aliphatic heterocycles. The van der Waals surface area contributed by atoms with E-state index in [9.17, 15) is 0 Å². The fourth-order valence-electron chi connectivity index (χ4n) is 2.69. The molecule has 2 rings (SSSR count). The summed E-state index contributed by atoms with van der Waals surface area (Å²) in [5, 5.41) is 1.10. The maximum absolute atomic E-state index is 5.67. The van der Waals surface area contributed by atoms with Crippen LogP contribution in [0.2, 0.25) is 0 Å². The van der Waals surface area contributed by atoms with Crippen LogP contribution in [-0.4, -0.2) is 18.0 Å². The van der Waals surface area contributed by atoms with Crippen LogP contribution in [0.5, 0.6) is 0 Å². The summed E-state index contributed by atoms with van der Waals surface area (Å²) >= 11 is 3.66. The molecule has 100 valence electrons. The average molecular weight is 311 g/mol. The molecule has 0 N–H and O–H groups in total. The molecule has 0 aromatic heterocycles. The molecular formula is C16H23BrO. The van der Waals surface area contributed by atoms with Gasteiger partial charge in [0.05, 0.1) is 6.10 Å². The molecule has 1 aromatic carbocycles. The van der Waals surface area contributed by atoms with Gasteiger partial charge in [0.25, 0.3) is 0 Å². The van der Waals surface area contributed by atoms with Crippen LogP contribution in [0.3, 0.4) is 0 Å². The lowest BCUT2D eigenvalue weighted by molar-refractivity contribution is 0.101. The smallest absolute Gasteiger partial charge is 0.0576 e. The number of halogens is 1. The van der Waals surface area contributed by atoms with Gasteiger partial charge in [-0.05, 0) is 43.6 Å². The van der Waals surface area contributed by atoms with Crippen molar-refractivity contribution in [1.82, 2.24) is 0 Å². The van der Waals surface area contributed by atoms with Crippen molar-refractivity contribution in [2.24, 2.45) is 5.92 Å². The van der Waals surface area contributed by atoms with Crippen molar-refractivity contribution in [3.05, 3.63) is 35.9 Å². The van der Waals surface area contributed by atoms with Crippen LogP contribution in [0.4, 0.5) is 0 Å². The van der Waals surface area contributed by atoms with E-state index in [1.165, 1.54) is 44.1 Å². The zero-order valence-corrected chi connectivity index (χ0v) is 12.6. The zero-order valence-electron chi connectivity index (χ0n) is 11.0. The average Bonchev–Trinajstić information content (AvgIpc) is 2.92. The van der Waals surface area contributed by atoms with E-state index in [-0.39, 0.29) is 0 Å². The third-order valence-corrected chi connectivity index (χ3v) is 4.66. The molecule has 18 heavy (non-hydrogen) atoms. The minimum absolute atomic E-state index is 0.553. The molecule has 1 aromatic rings. The van der Waals surface area contributed by atoms with E-state index in [0.717, 1.165) is 17.9 Å². The molecular weight excluding hydrogens is 288 g/mol. The maximum atomic E-state index is 5.67. The van der Waals surface area contributed by atoms with Gasteiger partial charge in [0.2, 0.25) is 0 Å². The van der Waals surface area contributed by atoms with E-state index < -0.39 is 0 Å². The summed E-state index contributed by atoms with van der Waals surface area (Å²) in [5.74, 6) is 0.758. The number of hydrogen-bond donors (Lipinski definition) is 0. The fraction of sp³-hybridized carbons (Fsp3) is 0.625. The van der Waals surface area contributed by atoms with Gasteiger partial charge in [0, 0.05) is 11.9 Å². The summed E-state index contributed by atoms with van der Waals surface area (Å²) in [6, 6.07) is 10.8. The molecule has 1 saturated heterocycles. The van der Waals surface area contributed by atoms with Crippen molar-refractivity contribution >= 4 is 15.9 Å². The summed E-state index contributed by atoms with van der Waals surface area (Å²) in [6.45, 7) is 0.983. The van der Waals surface area contributed by atoms with E-state index >= 15 is 0 Å². The molecule has 0 bridgehead atoms. The van der Waals surface area contributed by atoms with Gasteiger partial charge in [0.1, 0.15) is 0 Å². The number of ether oxygens (including phenoxy) is 1. The van der Waals surface area contributed by atoms with Gasteiger partial charge in [-0.1, -0.05) is 52.7 Å². The minimum atomic E-state index is 0.553. The molecule has 1 nitrogen and oxygen atoms in total. The third kappa shape index (κ3) is 4.74. The summed E-state index contributed by atoms with van der Waals surface area (Å²) in [6.07, 6.45) is 8.13. The summed E-state index contributed by atoms with van der Waals surface area (Å²) < 4.78 is 5.67. The maximum Gasteiger partial charge on any atom is 0.0576 e. The number of rotatable bonds is 7. The Kier molecular flexibility index (Phi) is 6.22. The van der Waals surface area contributed by atoms with Crippen LogP contribution in [-0.2, 0) is 11.2 Å². The van der Waals surface area contributed by atoms with Crippen molar-refractivity contribution in [1.29, 1.82) is 0 Å².